The third kappa shape index (κ3) is 7.96. The molecular formula is C28H34ClF3O6. The van der Waals surface area contributed by atoms with E-state index in [1.54, 1.807) is 45.0 Å². The van der Waals surface area contributed by atoms with E-state index in [2.05, 4.69) is 0 Å². The van der Waals surface area contributed by atoms with E-state index < -0.39 is 28.9 Å². The number of benzene rings is 2. The molecule has 6 nitrogen and oxygen atoms in total. The van der Waals surface area contributed by atoms with Gasteiger partial charge in [-0.3, -0.25) is 0 Å². The molecule has 10 heteroatoms. The number of carboxylic acid groups (broad SMARTS) is 1. The average molecular weight is 559 g/mol. The Balaban J connectivity index is 0.00000247. The highest BCUT2D eigenvalue weighted by Crippen LogP contribution is 2.47. The zero-order valence-electron chi connectivity index (χ0n) is 22.4. The van der Waals surface area contributed by atoms with E-state index >= 15 is 0 Å². The SMILES string of the molecule is CC.CCC(C)(Oc1ccc(OCCCOc2cc3c(cc2Cl)C(C(F)(F)F)=CC(C)(C)O3)cc1)C(=O)O. The average Bonchev–Trinajstić information content (AvgIpc) is 2.85. The number of alkyl halides is 3. The van der Waals surface area contributed by atoms with Crippen LogP contribution in [0.25, 0.3) is 5.57 Å². The maximum atomic E-state index is 13.5. The molecule has 3 rings (SSSR count). The second-order valence-electron chi connectivity index (χ2n) is 9.05. The number of rotatable bonds is 10. The molecule has 0 fully saturated rings. The van der Waals surface area contributed by atoms with Crippen molar-refractivity contribution in [3.63, 3.8) is 0 Å². The number of halogens is 4. The number of aliphatic carboxylic acids is 1. The summed E-state index contributed by atoms with van der Waals surface area (Å²) in [5.74, 6) is 0.193. The van der Waals surface area contributed by atoms with Crippen molar-refractivity contribution < 1.29 is 42.0 Å². The summed E-state index contributed by atoms with van der Waals surface area (Å²) in [5.41, 5.74) is -3.38. The molecule has 2 aromatic rings. The van der Waals surface area contributed by atoms with Gasteiger partial charge >= 0.3 is 12.1 Å². The second-order valence-corrected chi connectivity index (χ2v) is 9.46. The number of allylic oxidation sites excluding steroid dienone is 1. The van der Waals surface area contributed by atoms with Crippen LogP contribution in [0.4, 0.5) is 13.2 Å². The molecule has 1 aliphatic rings. The van der Waals surface area contributed by atoms with Crippen molar-refractivity contribution in [2.45, 2.75) is 71.8 Å². The van der Waals surface area contributed by atoms with Crippen molar-refractivity contribution in [3.8, 4) is 23.0 Å². The van der Waals surface area contributed by atoms with Crippen LogP contribution in [0.2, 0.25) is 5.02 Å². The quantitative estimate of drug-likeness (QED) is 0.298. The topological polar surface area (TPSA) is 74.2 Å². The Bertz CT molecular complexity index is 1130. The molecule has 2 aromatic carbocycles. The van der Waals surface area contributed by atoms with E-state index in [9.17, 15) is 23.1 Å². The van der Waals surface area contributed by atoms with Crippen molar-refractivity contribution in [2.75, 3.05) is 13.2 Å². The highest BCUT2D eigenvalue weighted by molar-refractivity contribution is 6.32. The molecule has 1 aliphatic heterocycles. The Labute approximate surface area is 226 Å². The zero-order chi connectivity index (χ0) is 28.7. The van der Waals surface area contributed by atoms with Gasteiger partial charge in [-0.05, 0) is 63.6 Å². The first-order valence-corrected chi connectivity index (χ1v) is 12.7. The van der Waals surface area contributed by atoms with Crippen LogP contribution in [-0.2, 0) is 4.79 Å². The summed E-state index contributed by atoms with van der Waals surface area (Å²) in [7, 11) is 0. The van der Waals surface area contributed by atoms with Gasteiger partial charge in [0.2, 0.25) is 5.60 Å². The fourth-order valence-corrected chi connectivity index (χ4v) is 3.69. The Morgan fingerprint density at radius 3 is 2.18 bits per heavy atom. The Morgan fingerprint density at radius 2 is 1.63 bits per heavy atom. The minimum atomic E-state index is -4.55. The monoisotopic (exact) mass is 558 g/mol. The van der Waals surface area contributed by atoms with E-state index in [0.29, 0.717) is 30.9 Å². The number of hydrogen-bond donors (Lipinski definition) is 1. The Morgan fingerprint density at radius 1 is 1.05 bits per heavy atom. The van der Waals surface area contributed by atoms with Gasteiger partial charge in [-0.2, -0.15) is 13.2 Å². The summed E-state index contributed by atoms with van der Waals surface area (Å²) in [6, 6.07) is 9.16. The van der Waals surface area contributed by atoms with Crippen LogP contribution < -0.4 is 18.9 Å². The zero-order valence-corrected chi connectivity index (χ0v) is 23.1. The molecule has 0 aliphatic carbocycles. The largest absolute Gasteiger partial charge is 0.493 e. The van der Waals surface area contributed by atoms with Crippen LogP contribution in [0.15, 0.2) is 42.5 Å². The van der Waals surface area contributed by atoms with Gasteiger partial charge in [-0.25, -0.2) is 4.79 Å². The smallest absolute Gasteiger partial charge is 0.416 e. The van der Waals surface area contributed by atoms with E-state index in [1.807, 2.05) is 13.8 Å². The summed E-state index contributed by atoms with van der Waals surface area (Å²) < 4.78 is 63.2. The highest BCUT2D eigenvalue weighted by Gasteiger charge is 2.42. The number of carboxylic acids is 1. The summed E-state index contributed by atoms with van der Waals surface area (Å²) in [6.45, 7) is 10.8. The first kappa shape index (κ1) is 31.1. The van der Waals surface area contributed by atoms with Crippen LogP contribution in [0.3, 0.4) is 0 Å². The fraction of sp³-hybridized carbons (Fsp3) is 0.464. The van der Waals surface area contributed by atoms with E-state index in [0.717, 1.165) is 6.08 Å². The molecule has 0 saturated heterocycles. The lowest BCUT2D eigenvalue weighted by molar-refractivity contribution is -0.154. The molecule has 0 amide bonds. The molecule has 1 atom stereocenters. The molecule has 0 spiro atoms. The number of fused-ring (bicyclic) bond motifs is 1. The van der Waals surface area contributed by atoms with Crippen molar-refractivity contribution in [3.05, 3.63) is 53.1 Å². The van der Waals surface area contributed by atoms with Crippen molar-refractivity contribution >= 4 is 23.1 Å². The van der Waals surface area contributed by atoms with E-state index in [4.69, 9.17) is 30.5 Å². The van der Waals surface area contributed by atoms with Gasteiger partial charge in [0.25, 0.3) is 0 Å². The lowest BCUT2D eigenvalue weighted by atomic mass is 9.94. The Kier molecular flexibility index (Phi) is 10.4. The standard InChI is InChI=1S/C26H28ClF3O6.C2H6/c1-5-25(4,23(31)32)35-17-9-7-16(8-10-17)33-11-6-12-34-22-14-21-18(13-20(22)27)19(26(28,29)30)15-24(2,3)36-21;1-2/h7-10,13-15H,5-6,11-12H2,1-4H3,(H,31,32);1-2H3. The van der Waals surface area contributed by atoms with Gasteiger partial charge in [-0.1, -0.05) is 32.4 Å². The summed E-state index contributed by atoms with van der Waals surface area (Å²) >= 11 is 6.19. The lowest BCUT2D eigenvalue weighted by Gasteiger charge is -2.32. The normalized spacial score (nSPS) is 15.5. The van der Waals surface area contributed by atoms with Crippen molar-refractivity contribution in [2.24, 2.45) is 0 Å². The third-order valence-corrected chi connectivity index (χ3v) is 5.90. The maximum absolute atomic E-state index is 13.5. The predicted molar refractivity (Wildman–Crippen MR) is 141 cm³/mol. The van der Waals surface area contributed by atoms with Crippen LogP contribution in [0.5, 0.6) is 23.0 Å². The minimum Gasteiger partial charge on any atom is -0.493 e. The van der Waals surface area contributed by atoms with Gasteiger partial charge in [0.05, 0.1) is 23.8 Å². The van der Waals surface area contributed by atoms with Gasteiger partial charge in [-0.15, -0.1) is 0 Å². The van der Waals surface area contributed by atoms with Crippen LogP contribution >= 0.6 is 11.6 Å². The van der Waals surface area contributed by atoms with Gasteiger partial charge in [0, 0.05) is 18.1 Å². The van der Waals surface area contributed by atoms with Gasteiger partial charge in [0.1, 0.15) is 28.6 Å². The summed E-state index contributed by atoms with van der Waals surface area (Å²) in [4.78, 5) is 11.4. The maximum Gasteiger partial charge on any atom is 0.416 e. The molecule has 0 aromatic heterocycles. The van der Waals surface area contributed by atoms with Gasteiger partial charge < -0.3 is 24.1 Å². The summed E-state index contributed by atoms with van der Waals surface area (Å²) in [5, 5.41) is 9.36. The minimum absolute atomic E-state index is 0.0455. The van der Waals surface area contributed by atoms with Crippen molar-refractivity contribution in [1.29, 1.82) is 0 Å². The molecule has 0 bridgehead atoms. The van der Waals surface area contributed by atoms with Crippen molar-refractivity contribution in [1.82, 2.24) is 0 Å². The fourth-order valence-electron chi connectivity index (χ4n) is 3.48. The number of ether oxygens (including phenoxy) is 4. The first-order chi connectivity index (χ1) is 17.7. The molecule has 0 radical (unpaired) electrons. The third-order valence-electron chi connectivity index (χ3n) is 5.60. The molecule has 38 heavy (non-hydrogen) atoms. The van der Waals surface area contributed by atoms with Crippen LogP contribution in [0, 0.1) is 0 Å². The van der Waals surface area contributed by atoms with Crippen LogP contribution in [-0.4, -0.2) is 41.7 Å². The molecule has 0 saturated carbocycles. The molecular weight excluding hydrogens is 525 g/mol. The second kappa shape index (κ2) is 12.7. The molecule has 210 valence electrons. The van der Waals surface area contributed by atoms with E-state index in [-0.39, 0.29) is 28.7 Å². The molecule has 1 unspecified atom stereocenters. The van der Waals surface area contributed by atoms with Crippen LogP contribution in [0.1, 0.15) is 59.9 Å². The first-order valence-electron chi connectivity index (χ1n) is 12.3. The lowest BCUT2D eigenvalue weighted by Crippen LogP contribution is -2.40. The predicted octanol–water partition coefficient (Wildman–Crippen LogP) is 7.96. The highest BCUT2D eigenvalue weighted by atomic mass is 35.5. The number of carbonyl (C=O) groups is 1. The summed E-state index contributed by atoms with van der Waals surface area (Å²) in [6.07, 6.45) is -2.73. The number of hydrogen-bond acceptors (Lipinski definition) is 5. The van der Waals surface area contributed by atoms with E-state index in [1.165, 1.54) is 19.1 Å². The Hall–Kier alpha value is -3.07. The van der Waals surface area contributed by atoms with Gasteiger partial charge in [0.15, 0.2) is 0 Å². The molecule has 1 N–H and O–H groups in total. The molecule has 1 heterocycles.